The molecule has 2 heterocycles. The van der Waals surface area contributed by atoms with Gasteiger partial charge in [0, 0.05) is 23.8 Å². The van der Waals surface area contributed by atoms with Gasteiger partial charge in [0.1, 0.15) is 0 Å². The number of aromatic amines is 1. The smallest absolute Gasteiger partial charge is 0.358 e. The second-order valence-electron chi connectivity index (χ2n) is 4.94. The summed E-state index contributed by atoms with van der Waals surface area (Å²) in [6.45, 7) is 4.68. The van der Waals surface area contributed by atoms with Crippen molar-refractivity contribution in [3.05, 3.63) is 46.8 Å². The molecule has 0 unspecified atom stereocenters. The minimum atomic E-state index is -0.765. The third-order valence-electron chi connectivity index (χ3n) is 3.24. The van der Waals surface area contributed by atoms with E-state index in [2.05, 4.69) is 15.0 Å². The number of hydrogen-bond donors (Lipinski definition) is 1. The van der Waals surface area contributed by atoms with Crippen molar-refractivity contribution in [3.63, 3.8) is 0 Å². The standard InChI is InChI=1S/C16H17N3O5/c1-4-23-16(22)14-10(3)19-9(2)13(14)12(20)8-24-15(21)11-7-17-5-6-18-11/h5-7,19H,4,8H2,1-3H3. The Morgan fingerprint density at radius 3 is 2.38 bits per heavy atom. The Bertz CT molecular complexity index is 768. The molecule has 0 aliphatic heterocycles. The van der Waals surface area contributed by atoms with Gasteiger partial charge >= 0.3 is 11.9 Å². The van der Waals surface area contributed by atoms with Crippen molar-refractivity contribution in [2.24, 2.45) is 0 Å². The van der Waals surface area contributed by atoms with Crippen molar-refractivity contribution in [2.45, 2.75) is 20.8 Å². The number of nitrogens with zero attached hydrogens (tertiary/aromatic N) is 2. The SMILES string of the molecule is CCOC(=O)c1c(C)[nH]c(C)c1C(=O)COC(=O)c1cnccn1. The minimum Gasteiger partial charge on any atom is -0.462 e. The van der Waals surface area contributed by atoms with Gasteiger partial charge in [0.05, 0.1) is 23.9 Å². The van der Waals surface area contributed by atoms with E-state index in [9.17, 15) is 14.4 Å². The quantitative estimate of drug-likeness (QED) is 0.632. The van der Waals surface area contributed by atoms with Gasteiger partial charge in [0.25, 0.3) is 0 Å². The van der Waals surface area contributed by atoms with Crippen LogP contribution in [0.4, 0.5) is 0 Å². The lowest BCUT2D eigenvalue weighted by Gasteiger charge is -2.06. The first-order chi connectivity index (χ1) is 11.5. The number of H-pyrrole nitrogens is 1. The van der Waals surface area contributed by atoms with Crippen LogP contribution in [0.25, 0.3) is 0 Å². The van der Waals surface area contributed by atoms with Crippen molar-refractivity contribution in [1.29, 1.82) is 0 Å². The number of ketones is 1. The Kier molecular flexibility index (Phi) is 5.41. The van der Waals surface area contributed by atoms with Crippen molar-refractivity contribution in [1.82, 2.24) is 15.0 Å². The topological polar surface area (TPSA) is 111 Å². The molecule has 0 aliphatic carbocycles. The lowest BCUT2D eigenvalue weighted by Crippen LogP contribution is -2.18. The first kappa shape index (κ1) is 17.3. The summed E-state index contributed by atoms with van der Waals surface area (Å²) in [5.41, 5.74) is 1.36. The van der Waals surface area contributed by atoms with Crippen LogP contribution >= 0.6 is 0 Å². The summed E-state index contributed by atoms with van der Waals surface area (Å²) in [6.07, 6.45) is 4.00. The van der Waals surface area contributed by atoms with Crippen LogP contribution in [0.5, 0.6) is 0 Å². The molecule has 2 aromatic heterocycles. The molecule has 126 valence electrons. The first-order valence-corrected chi connectivity index (χ1v) is 7.28. The second-order valence-corrected chi connectivity index (χ2v) is 4.94. The molecule has 2 rings (SSSR count). The molecule has 0 amide bonds. The molecular weight excluding hydrogens is 314 g/mol. The van der Waals surface area contributed by atoms with Gasteiger partial charge in [-0.15, -0.1) is 0 Å². The highest BCUT2D eigenvalue weighted by Crippen LogP contribution is 2.20. The molecule has 0 saturated carbocycles. The predicted molar refractivity (Wildman–Crippen MR) is 82.9 cm³/mol. The van der Waals surface area contributed by atoms with Gasteiger partial charge in [-0.2, -0.15) is 0 Å². The van der Waals surface area contributed by atoms with E-state index < -0.39 is 24.3 Å². The molecule has 0 radical (unpaired) electrons. The predicted octanol–water partition coefficient (Wildman–Crippen LogP) is 1.64. The zero-order valence-electron chi connectivity index (χ0n) is 13.6. The molecule has 0 aromatic carbocycles. The van der Waals surface area contributed by atoms with Crippen LogP contribution in [-0.4, -0.2) is 45.9 Å². The van der Waals surface area contributed by atoms with E-state index in [1.165, 1.54) is 18.6 Å². The Balaban J connectivity index is 2.15. The summed E-state index contributed by atoms with van der Waals surface area (Å²) in [6, 6.07) is 0. The number of carbonyl (C=O) groups is 3. The average molecular weight is 331 g/mol. The summed E-state index contributed by atoms with van der Waals surface area (Å²) in [5, 5.41) is 0. The molecule has 0 saturated heterocycles. The van der Waals surface area contributed by atoms with Gasteiger partial charge in [0.2, 0.25) is 5.78 Å². The first-order valence-electron chi connectivity index (χ1n) is 7.28. The van der Waals surface area contributed by atoms with Gasteiger partial charge in [-0.25, -0.2) is 14.6 Å². The third kappa shape index (κ3) is 3.65. The van der Waals surface area contributed by atoms with E-state index in [4.69, 9.17) is 9.47 Å². The number of nitrogens with one attached hydrogen (secondary N) is 1. The maximum absolute atomic E-state index is 12.4. The average Bonchev–Trinajstić information content (AvgIpc) is 2.87. The highest BCUT2D eigenvalue weighted by Gasteiger charge is 2.26. The fourth-order valence-electron chi connectivity index (χ4n) is 2.27. The Morgan fingerprint density at radius 1 is 1.04 bits per heavy atom. The van der Waals surface area contributed by atoms with Crippen LogP contribution in [0, 0.1) is 13.8 Å². The summed E-state index contributed by atoms with van der Waals surface area (Å²) < 4.78 is 9.92. The summed E-state index contributed by atoms with van der Waals surface area (Å²) >= 11 is 0. The van der Waals surface area contributed by atoms with Gasteiger partial charge in [-0.1, -0.05) is 0 Å². The number of esters is 2. The van der Waals surface area contributed by atoms with Gasteiger partial charge in [-0.05, 0) is 20.8 Å². The lowest BCUT2D eigenvalue weighted by atomic mass is 10.1. The zero-order chi connectivity index (χ0) is 17.7. The van der Waals surface area contributed by atoms with Crippen molar-refractivity contribution >= 4 is 17.7 Å². The highest BCUT2D eigenvalue weighted by molar-refractivity contribution is 6.09. The van der Waals surface area contributed by atoms with Crippen molar-refractivity contribution in [3.8, 4) is 0 Å². The van der Waals surface area contributed by atoms with Crippen molar-refractivity contribution in [2.75, 3.05) is 13.2 Å². The number of ether oxygens (including phenoxy) is 2. The summed E-state index contributed by atoms with van der Waals surface area (Å²) in [7, 11) is 0. The van der Waals surface area contributed by atoms with E-state index in [1.54, 1.807) is 20.8 Å². The third-order valence-corrected chi connectivity index (χ3v) is 3.24. The number of aromatic nitrogens is 3. The minimum absolute atomic E-state index is 0.00196. The van der Waals surface area contributed by atoms with Crippen LogP contribution in [0.2, 0.25) is 0 Å². The Morgan fingerprint density at radius 2 is 1.75 bits per heavy atom. The summed E-state index contributed by atoms with van der Waals surface area (Å²) in [5.74, 6) is -1.86. The molecule has 0 atom stereocenters. The van der Waals surface area contributed by atoms with Crippen LogP contribution < -0.4 is 0 Å². The molecule has 2 aromatic rings. The zero-order valence-corrected chi connectivity index (χ0v) is 13.6. The molecular formula is C16H17N3O5. The largest absolute Gasteiger partial charge is 0.462 e. The van der Waals surface area contributed by atoms with E-state index in [-0.39, 0.29) is 23.4 Å². The molecule has 0 aliphatic rings. The van der Waals surface area contributed by atoms with Gasteiger partial charge < -0.3 is 14.5 Å². The summed E-state index contributed by atoms with van der Waals surface area (Å²) in [4.78, 5) is 46.7. The number of aryl methyl sites for hydroxylation is 2. The second kappa shape index (κ2) is 7.49. The Hall–Kier alpha value is -3.03. The van der Waals surface area contributed by atoms with Gasteiger partial charge in [0.15, 0.2) is 12.3 Å². The van der Waals surface area contributed by atoms with Crippen LogP contribution in [0.1, 0.15) is 49.5 Å². The maximum Gasteiger partial charge on any atom is 0.358 e. The number of rotatable bonds is 6. The van der Waals surface area contributed by atoms with Gasteiger partial charge in [-0.3, -0.25) is 9.78 Å². The fraction of sp³-hybridized carbons (Fsp3) is 0.312. The molecule has 24 heavy (non-hydrogen) atoms. The van der Waals surface area contributed by atoms with Crippen LogP contribution in [0.15, 0.2) is 18.6 Å². The molecule has 1 N–H and O–H groups in total. The molecule has 0 spiro atoms. The number of carbonyl (C=O) groups excluding carboxylic acids is 3. The van der Waals surface area contributed by atoms with E-state index in [0.29, 0.717) is 11.4 Å². The van der Waals surface area contributed by atoms with Crippen LogP contribution in [-0.2, 0) is 9.47 Å². The van der Waals surface area contributed by atoms with E-state index >= 15 is 0 Å². The Labute approximate surface area is 138 Å². The highest BCUT2D eigenvalue weighted by atomic mass is 16.5. The van der Waals surface area contributed by atoms with E-state index in [0.717, 1.165) is 0 Å². The normalized spacial score (nSPS) is 10.3. The monoisotopic (exact) mass is 331 g/mol. The lowest BCUT2D eigenvalue weighted by molar-refractivity contribution is 0.0466. The molecule has 0 fully saturated rings. The van der Waals surface area contributed by atoms with Crippen molar-refractivity contribution < 1.29 is 23.9 Å². The maximum atomic E-state index is 12.4. The number of hydrogen-bond acceptors (Lipinski definition) is 7. The molecule has 8 heteroatoms. The fourth-order valence-corrected chi connectivity index (χ4v) is 2.27. The van der Waals surface area contributed by atoms with Crippen LogP contribution in [0.3, 0.4) is 0 Å². The molecule has 0 bridgehead atoms. The number of Topliss-reactive ketones (excluding diaryl/α,β-unsaturated/α-hetero) is 1. The van der Waals surface area contributed by atoms with E-state index in [1.807, 2.05) is 0 Å². The molecule has 8 nitrogen and oxygen atoms in total.